The molecule has 0 amide bonds. The Kier molecular flexibility index (Phi) is 6.02. The van der Waals surface area contributed by atoms with E-state index in [1.54, 1.807) is 0 Å². The Balaban J connectivity index is 4.11. The molecule has 0 bridgehead atoms. The number of hydrogen-bond acceptors (Lipinski definition) is 7. The van der Waals surface area contributed by atoms with Crippen LogP contribution >= 0.6 is 0 Å². The number of ether oxygens (including phenoxy) is 1. The van der Waals surface area contributed by atoms with Gasteiger partial charge in [0.2, 0.25) is 0 Å². The first kappa shape index (κ1) is 14.0. The zero-order valence-electron chi connectivity index (χ0n) is 8.24. The molecular formula is C8H15NO6. The van der Waals surface area contributed by atoms with Crippen molar-refractivity contribution in [3.8, 4) is 0 Å². The quantitative estimate of drug-likeness (QED) is 0.280. The average molecular weight is 221 g/mol. The van der Waals surface area contributed by atoms with E-state index < -0.39 is 36.9 Å². The Morgan fingerprint density at radius 2 is 1.93 bits per heavy atom. The molecule has 4 atom stereocenters. The summed E-state index contributed by atoms with van der Waals surface area (Å²) in [7, 11) is 0. The number of hydrogen-bond donors (Lipinski definition) is 4. The van der Waals surface area contributed by atoms with Crippen molar-refractivity contribution in [2.24, 2.45) is 5.73 Å². The van der Waals surface area contributed by atoms with E-state index in [0.29, 0.717) is 0 Å². The van der Waals surface area contributed by atoms with Crippen molar-refractivity contribution in [1.29, 1.82) is 0 Å². The molecular weight excluding hydrogens is 206 g/mol. The predicted octanol–water partition coefficient (Wildman–Crippen LogP) is -2.84. The van der Waals surface area contributed by atoms with E-state index in [1.165, 1.54) is 0 Å². The molecule has 0 aromatic heterocycles. The summed E-state index contributed by atoms with van der Waals surface area (Å²) in [5, 5.41) is 27.7. The van der Waals surface area contributed by atoms with Gasteiger partial charge in [0, 0.05) is 6.92 Å². The van der Waals surface area contributed by atoms with Gasteiger partial charge in [0.05, 0.1) is 6.04 Å². The van der Waals surface area contributed by atoms with Gasteiger partial charge in [0.15, 0.2) is 0 Å². The van der Waals surface area contributed by atoms with Gasteiger partial charge >= 0.3 is 5.97 Å². The van der Waals surface area contributed by atoms with Crippen LogP contribution in [0.2, 0.25) is 0 Å². The van der Waals surface area contributed by atoms with Crippen molar-refractivity contribution in [1.82, 2.24) is 0 Å². The normalized spacial score (nSPS) is 18.7. The van der Waals surface area contributed by atoms with Crippen LogP contribution in [0.25, 0.3) is 0 Å². The second-order valence-electron chi connectivity index (χ2n) is 3.06. The lowest BCUT2D eigenvalue weighted by Crippen LogP contribution is -2.50. The number of nitrogens with two attached hydrogens (primary N) is 1. The highest BCUT2D eigenvalue weighted by molar-refractivity contribution is 5.65. The van der Waals surface area contributed by atoms with E-state index in [9.17, 15) is 24.9 Å². The number of aliphatic hydroxyl groups excluding tert-OH is 3. The van der Waals surface area contributed by atoms with E-state index in [0.717, 1.165) is 6.92 Å². The third-order valence-corrected chi connectivity index (χ3v) is 1.75. The Bertz CT molecular complexity index is 221. The minimum Gasteiger partial charge on any atom is -0.463 e. The summed E-state index contributed by atoms with van der Waals surface area (Å²) in [6, 6.07) is -1.30. The Morgan fingerprint density at radius 1 is 1.40 bits per heavy atom. The van der Waals surface area contributed by atoms with E-state index in [2.05, 4.69) is 4.74 Å². The molecule has 0 aliphatic heterocycles. The summed E-state index contributed by atoms with van der Waals surface area (Å²) < 4.78 is 4.40. The van der Waals surface area contributed by atoms with E-state index in [4.69, 9.17) is 5.73 Å². The minimum absolute atomic E-state index is 0.242. The van der Waals surface area contributed by atoms with Gasteiger partial charge in [0.25, 0.3) is 0 Å². The fraction of sp³-hybridized carbons (Fsp3) is 0.750. The summed E-state index contributed by atoms with van der Waals surface area (Å²) >= 11 is 0. The Morgan fingerprint density at radius 3 is 2.33 bits per heavy atom. The van der Waals surface area contributed by atoms with Crippen LogP contribution in [0.5, 0.6) is 0 Å². The van der Waals surface area contributed by atoms with Gasteiger partial charge in [-0.2, -0.15) is 0 Å². The van der Waals surface area contributed by atoms with Crippen molar-refractivity contribution >= 4 is 12.3 Å². The van der Waals surface area contributed by atoms with Crippen LogP contribution in [0.3, 0.4) is 0 Å². The highest BCUT2D eigenvalue weighted by Gasteiger charge is 2.29. The average Bonchev–Trinajstić information content (AvgIpc) is 2.22. The molecule has 5 N–H and O–H groups in total. The number of esters is 1. The molecule has 0 radical (unpaired) electrons. The first-order valence-electron chi connectivity index (χ1n) is 4.28. The maximum absolute atomic E-state index is 10.4. The molecule has 0 unspecified atom stereocenters. The number of carbonyl (C=O) groups excluding carboxylic acids is 2. The van der Waals surface area contributed by atoms with Crippen molar-refractivity contribution in [3.63, 3.8) is 0 Å². The summed E-state index contributed by atoms with van der Waals surface area (Å²) in [5.41, 5.74) is 5.11. The number of rotatable bonds is 6. The zero-order chi connectivity index (χ0) is 12.0. The molecule has 88 valence electrons. The summed E-state index contributed by atoms with van der Waals surface area (Å²) in [5.74, 6) is -0.629. The standard InChI is InChI=1S/C8H15NO6/c1-4(11)15-3-6(12)8(14)7(13)5(9)2-10/h2,5-8,12-14H,3,9H2,1H3/t5-,6+,7+,8+/m0/s1. The topological polar surface area (TPSA) is 130 Å². The molecule has 0 saturated carbocycles. The fourth-order valence-electron chi connectivity index (χ4n) is 0.837. The Labute approximate surface area is 86.5 Å². The number of aliphatic hydroxyl groups is 3. The van der Waals surface area contributed by atoms with E-state index in [-0.39, 0.29) is 6.29 Å². The van der Waals surface area contributed by atoms with Crippen LogP contribution in [0.4, 0.5) is 0 Å². The molecule has 0 spiro atoms. The minimum atomic E-state index is -1.65. The highest BCUT2D eigenvalue weighted by Crippen LogP contribution is 2.03. The summed E-state index contributed by atoms with van der Waals surface area (Å²) in [6.07, 6.45) is -4.50. The fourth-order valence-corrected chi connectivity index (χ4v) is 0.837. The van der Waals surface area contributed by atoms with Gasteiger partial charge in [-0.15, -0.1) is 0 Å². The molecule has 0 rings (SSSR count). The molecule has 0 saturated heterocycles. The highest BCUT2D eigenvalue weighted by atomic mass is 16.5. The first-order valence-corrected chi connectivity index (χ1v) is 4.28. The largest absolute Gasteiger partial charge is 0.463 e. The molecule has 0 aromatic carbocycles. The lowest BCUT2D eigenvalue weighted by atomic mass is 10.0. The second kappa shape index (κ2) is 6.46. The second-order valence-corrected chi connectivity index (χ2v) is 3.06. The van der Waals surface area contributed by atoms with Crippen LogP contribution in [0, 0.1) is 0 Å². The van der Waals surface area contributed by atoms with Gasteiger partial charge in [-0.05, 0) is 0 Å². The predicted molar refractivity (Wildman–Crippen MR) is 48.7 cm³/mol. The number of carbonyl (C=O) groups is 2. The van der Waals surface area contributed by atoms with Crippen LogP contribution in [-0.4, -0.2) is 58.5 Å². The van der Waals surface area contributed by atoms with Crippen molar-refractivity contribution in [2.75, 3.05) is 6.61 Å². The molecule has 7 nitrogen and oxygen atoms in total. The van der Waals surface area contributed by atoms with Gasteiger partial charge in [0.1, 0.15) is 31.2 Å². The van der Waals surface area contributed by atoms with E-state index in [1.807, 2.05) is 0 Å². The lowest BCUT2D eigenvalue weighted by Gasteiger charge is -2.24. The Hall–Kier alpha value is -1.02. The van der Waals surface area contributed by atoms with Crippen LogP contribution < -0.4 is 5.73 Å². The maximum Gasteiger partial charge on any atom is 0.302 e. The number of aldehydes is 1. The van der Waals surface area contributed by atoms with Gasteiger partial charge < -0.3 is 30.6 Å². The molecule has 0 heterocycles. The smallest absolute Gasteiger partial charge is 0.302 e. The summed E-state index contributed by atoms with van der Waals surface area (Å²) in [6.45, 7) is 0.659. The van der Waals surface area contributed by atoms with Crippen LogP contribution in [-0.2, 0) is 14.3 Å². The molecule has 0 fully saturated rings. The molecule has 15 heavy (non-hydrogen) atoms. The molecule has 0 aliphatic carbocycles. The molecule has 0 aromatic rings. The third kappa shape index (κ3) is 4.84. The van der Waals surface area contributed by atoms with Crippen molar-refractivity contribution in [2.45, 2.75) is 31.3 Å². The molecule has 7 heteroatoms. The monoisotopic (exact) mass is 221 g/mol. The van der Waals surface area contributed by atoms with Gasteiger partial charge in [-0.1, -0.05) is 0 Å². The van der Waals surface area contributed by atoms with Crippen LogP contribution in [0.15, 0.2) is 0 Å². The SMILES string of the molecule is CC(=O)OC[C@@H](O)[C@@H](O)[C@H](O)[C@@H](N)C=O. The van der Waals surface area contributed by atoms with E-state index >= 15 is 0 Å². The van der Waals surface area contributed by atoms with Gasteiger partial charge in [-0.3, -0.25) is 4.79 Å². The third-order valence-electron chi connectivity index (χ3n) is 1.75. The van der Waals surface area contributed by atoms with Crippen LogP contribution in [0.1, 0.15) is 6.92 Å². The maximum atomic E-state index is 10.4. The first-order chi connectivity index (χ1) is 6.90. The lowest BCUT2D eigenvalue weighted by molar-refractivity contribution is -0.150. The zero-order valence-corrected chi connectivity index (χ0v) is 8.24. The van der Waals surface area contributed by atoms with Crippen molar-refractivity contribution < 1.29 is 29.6 Å². The summed E-state index contributed by atoms with van der Waals surface area (Å²) in [4.78, 5) is 20.5. The van der Waals surface area contributed by atoms with Crippen molar-refractivity contribution in [3.05, 3.63) is 0 Å². The van der Waals surface area contributed by atoms with Gasteiger partial charge in [-0.25, -0.2) is 0 Å². The molecule has 0 aliphatic rings.